The summed E-state index contributed by atoms with van der Waals surface area (Å²) >= 11 is 6.90. The number of benzene rings is 2. The summed E-state index contributed by atoms with van der Waals surface area (Å²) in [5.74, 6) is 0.0189. The van der Waals surface area contributed by atoms with Crippen molar-refractivity contribution >= 4 is 48.5 Å². The number of fused-ring (bicyclic) bond motifs is 1. The third-order valence-electron chi connectivity index (χ3n) is 3.26. The van der Waals surface area contributed by atoms with Crippen LogP contribution in [0.1, 0.15) is 21.5 Å². The van der Waals surface area contributed by atoms with E-state index in [9.17, 15) is 4.79 Å². The summed E-state index contributed by atoms with van der Waals surface area (Å²) in [6.07, 6.45) is 1.77. The molecule has 0 aliphatic rings. The van der Waals surface area contributed by atoms with Crippen molar-refractivity contribution in [3.8, 4) is 0 Å². The lowest BCUT2D eigenvalue weighted by Crippen LogP contribution is -2.01. The zero-order chi connectivity index (χ0) is 14.3. The summed E-state index contributed by atoms with van der Waals surface area (Å²) < 4.78 is 1.82. The summed E-state index contributed by atoms with van der Waals surface area (Å²) in [6.45, 7) is 2.00. The van der Waals surface area contributed by atoms with E-state index < -0.39 is 0 Å². The fourth-order valence-corrected chi connectivity index (χ4v) is 3.27. The predicted molar refractivity (Wildman–Crippen MR) is 88.3 cm³/mol. The first-order chi connectivity index (χ1) is 9.56. The second-order valence-corrected chi connectivity index (χ2v) is 6.47. The van der Waals surface area contributed by atoms with E-state index in [1.807, 2.05) is 43.3 Å². The number of hydrogen-bond acceptors (Lipinski definition) is 1. The number of aromatic amines is 1. The maximum atomic E-state index is 12.7. The Hall–Kier alpha value is -1.39. The third-order valence-corrected chi connectivity index (χ3v) is 4.41. The molecule has 0 fully saturated rings. The molecule has 0 bridgehead atoms. The molecule has 4 heteroatoms. The first-order valence-corrected chi connectivity index (χ1v) is 7.72. The zero-order valence-electron chi connectivity index (χ0n) is 10.7. The van der Waals surface area contributed by atoms with Gasteiger partial charge in [0.1, 0.15) is 0 Å². The molecular weight excluding hydrogens is 382 g/mol. The van der Waals surface area contributed by atoms with Crippen molar-refractivity contribution in [2.24, 2.45) is 0 Å². The topological polar surface area (TPSA) is 32.9 Å². The molecule has 0 amide bonds. The van der Waals surface area contributed by atoms with Crippen LogP contribution in [0.4, 0.5) is 0 Å². The average Bonchev–Trinajstić information content (AvgIpc) is 2.80. The molecule has 20 heavy (non-hydrogen) atoms. The van der Waals surface area contributed by atoms with Gasteiger partial charge in [0.25, 0.3) is 0 Å². The Kier molecular flexibility index (Phi) is 3.52. The van der Waals surface area contributed by atoms with Crippen LogP contribution < -0.4 is 0 Å². The van der Waals surface area contributed by atoms with Crippen LogP contribution in [0.15, 0.2) is 51.5 Å². The van der Waals surface area contributed by atoms with E-state index >= 15 is 0 Å². The van der Waals surface area contributed by atoms with Crippen molar-refractivity contribution in [1.82, 2.24) is 4.98 Å². The van der Waals surface area contributed by atoms with Crippen molar-refractivity contribution in [3.05, 3.63) is 68.2 Å². The highest BCUT2D eigenvalue weighted by atomic mass is 79.9. The molecule has 100 valence electrons. The fourth-order valence-electron chi connectivity index (χ4n) is 2.24. The molecule has 0 spiro atoms. The minimum absolute atomic E-state index is 0.0189. The van der Waals surface area contributed by atoms with E-state index in [2.05, 4.69) is 36.8 Å². The van der Waals surface area contributed by atoms with Crippen molar-refractivity contribution in [1.29, 1.82) is 0 Å². The van der Waals surface area contributed by atoms with Crippen LogP contribution in [0.3, 0.4) is 0 Å². The van der Waals surface area contributed by atoms with Gasteiger partial charge in [-0.25, -0.2) is 0 Å². The Morgan fingerprint density at radius 3 is 2.60 bits per heavy atom. The quantitative estimate of drug-likeness (QED) is 0.595. The third kappa shape index (κ3) is 2.34. The number of nitrogens with one attached hydrogen (secondary N) is 1. The highest BCUT2D eigenvalue weighted by molar-refractivity contribution is 9.10. The molecule has 3 rings (SSSR count). The molecule has 0 unspecified atom stereocenters. The number of aromatic nitrogens is 1. The van der Waals surface area contributed by atoms with E-state index in [4.69, 9.17) is 0 Å². The normalized spacial score (nSPS) is 10.9. The Balaban J connectivity index is 2.13. The summed E-state index contributed by atoms with van der Waals surface area (Å²) in [7, 11) is 0. The number of carbonyl (C=O) groups is 1. The molecule has 0 saturated carbocycles. The lowest BCUT2D eigenvalue weighted by atomic mass is 10.0. The van der Waals surface area contributed by atoms with Crippen LogP contribution in [0.5, 0.6) is 0 Å². The Morgan fingerprint density at radius 1 is 1.05 bits per heavy atom. The molecule has 2 aromatic carbocycles. The summed E-state index contributed by atoms with van der Waals surface area (Å²) in [5, 5.41) is 0.936. The van der Waals surface area contributed by atoms with Gasteiger partial charge in [-0.2, -0.15) is 0 Å². The van der Waals surface area contributed by atoms with Crippen molar-refractivity contribution in [2.45, 2.75) is 6.92 Å². The predicted octanol–water partition coefficient (Wildman–Crippen LogP) is 5.23. The molecule has 1 heterocycles. The van der Waals surface area contributed by atoms with Crippen LogP contribution in [0, 0.1) is 6.92 Å². The van der Waals surface area contributed by atoms with Crippen LogP contribution in [0.25, 0.3) is 10.9 Å². The number of rotatable bonds is 2. The van der Waals surface area contributed by atoms with Gasteiger partial charge in [-0.15, -0.1) is 0 Å². The minimum atomic E-state index is 0.0189. The molecule has 0 saturated heterocycles. The zero-order valence-corrected chi connectivity index (χ0v) is 13.9. The van der Waals surface area contributed by atoms with Gasteiger partial charge in [0.05, 0.1) is 0 Å². The van der Waals surface area contributed by atoms with Gasteiger partial charge in [-0.3, -0.25) is 4.79 Å². The lowest BCUT2D eigenvalue weighted by Gasteiger charge is -2.04. The van der Waals surface area contributed by atoms with Crippen molar-refractivity contribution in [2.75, 3.05) is 0 Å². The minimum Gasteiger partial charge on any atom is -0.360 e. The SMILES string of the molecule is Cc1ccc(C(=O)c2c[nH]c3cc(Br)ccc23)c(Br)c1. The van der Waals surface area contributed by atoms with Gasteiger partial charge in [0, 0.05) is 37.2 Å². The van der Waals surface area contributed by atoms with Gasteiger partial charge < -0.3 is 4.98 Å². The molecule has 0 aliphatic heterocycles. The van der Waals surface area contributed by atoms with E-state index in [-0.39, 0.29) is 5.78 Å². The number of aryl methyl sites for hydroxylation is 1. The lowest BCUT2D eigenvalue weighted by molar-refractivity contribution is 0.103. The van der Waals surface area contributed by atoms with Gasteiger partial charge >= 0.3 is 0 Å². The van der Waals surface area contributed by atoms with Crippen LogP contribution in [-0.4, -0.2) is 10.8 Å². The van der Waals surface area contributed by atoms with Crippen LogP contribution >= 0.6 is 31.9 Å². The summed E-state index contributed by atoms with van der Waals surface area (Å²) in [5.41, 5.74) is 3.44. The number of halogens is 2. The molecular formula is C16H11Br2NO. The van der Waals surface area contributed by atoms with E-state index in [0.717, 1.165) is 25.4 Å². The van der Waals surface area contributed by atoms with Crippen LogP contribution in [-0.2, 0) is 0 Å². The smallest absolute Gasteiger partial charge is 0.196 e. The fraction of sp³-hybridized carbons (Fsp3) is 0.0625. The number of H-pyrrole nitrogens is 1. The number of carbonyl (C=O) groups excluding carboxylic acids is 1. The van der Waals surface area contributed by atoms with Crippen LogP contribution in [0.2, 0.25) is 0 Å². The van der Waals surface area contributed by atoms with Gasteiger partial charge in [-0.05, 0) is 36.8 Å². The molecule has 0 radical (unpaired) electrons. The maximum absolute atomic E-state index is 12.7. The highest BCUT2D eigenvalue weighted by Crippen LogP contribution is 2.27. The van der Waals surface area contributed by atoms with Gasteiger partial charge in [0.2, 0.25) is 0 Å². The molecule has 0 atom stereocenters. The molecule has 1 N–H and O–H groups in total. The second kappa shape index (κ2) is 5.19. The molecule has 0 aliphatic carbocycles. The number of ketones is 1. The van der Waals surface area contributed by atoms with Crippen molar-refractivity contribution < 1.29 is 4.79 Å². The Morgan fingerprint density at radius 2 is 1.85 bits per heavy atom. The second-order valence-electron chi connectivity index (χ2n) is 4.70. The highest BCUT2D eigenvalue weighted by Gasteiger charge is 2.16. The summed E-state index contributed by atoms with van der Waals surface area (Å²) in [4.78, 5) is 15.8. The van der Waals surface area contributed by atoms with Gasteiger partial charge in [0.15, 0.2) is 5.78 Å². The maximum Gasteiger partial charge on any atom is 0.196 e. The van der Waals surface area contributed by atoms with Gasteiger partial charge in [-0.1, -0.05) is 44.0 Å². The Labute approximate surface area is 133 Å². The molecule has 3 aromatic rings. The molecule has 1 aromatic heterocycles. The monoisotopic (exact) mass is 391 g/mol. The molecule has 2 nitrogen and oxygen atoms in total. The first-order valence-electron chi connectivity index (χ1n) is 6.14. The standard InChI is InChI=1S/C16H11Br2NO/c1-9-2-4-12(14(18)6-9)16(20)13-8-19-15-7-10(17)3-5-11(13)15/h2-8,19H,1H3. The number of hydrogen-bond donors (Lipinski definition) is 1. The van der Waals surface area contributed by atoms with Crippen molar-refractivity contribution in [3.63, 3.8) is 0 Å². The average molecular weight is 393 g/mol. The van der Waals surface area contributed by atoms with E-state index in [0.29, 0.717) is 11.1 Å². The van der Waals surface area contributed by atoms with E-state index in [1.54, 1.807) is 6.20 Å². The summed E-state index contributed by atoms with van der Waals surface area (Å²) in [6, 6.07) is 11.6. The van der Waals surface area contributed by atoms with E-state index in [1.165, 1.54) is 0 Å². The first kappa shape index (κ1) is 13.6. The Bertz CT molecular complexity index is 820. The largest absolute Gasteiger partial charge is 0.360 e.